The third-order valence-corrected chi connectivity index (χ3v) is 6.42. The predicted molar refractivity (Wildman–Crippen MR) is 101 cm³/mol. The topological polar surface area (TPSA) is 66.5 Å². The highest BCUT2D eigenvalue weighted by atomic mass is 35.5. The molecule has 0 fully saturated rings. The van der Waals surface area contributed by atoms with Gasteiger partial charge in [0.1, 0.15) is 10.7 Å². The number of sulfonamides is 1. The lowest BCUT2D eigenvalue weighted by molar-refractivity contribution is 0.102. The number of benzene rings is 2. The van der Waals surface area contributed by atoms with Crippen LogP contribution in [-0.2, 0) is 10.0 Å². The molecule has 8 heteroatoms. The molecule has 26 heavy (non-hydrogen) atoms. The summed E-state index contributed by atoms with van der Waals surface area (Å²) in [5.41, 5.74) is 1.36. The van der Waals surface area contributed by atoms with E-state index in [1.807, 2.05) is 6.92 Å². The second-order valence-corrected chi connectivity index (χ2v) is 7.97. The van der Waals surface area contributed by atoms with Crippen molar-refractivity contribution in [1.29, 1.82) is 0 Å². The van der Waals surface area contributed by atoms with Crippen molar-refractivity contribution in [3.05, 3.63) is 58.4 Å². The van der Waals surface area contributed by atoms with Crippen LogP contribution < -0.4 is 5.32 Å². The van der Waals surface area contributed by atoms with Crippen LogP contribution >= 0.6 is 11.6 Å². The van der Waals surface area contributed by atoms with Crippen LogP contribution in [0, 0.1) is 12.7 Å². The zero-order chi connectivity index (χ0) is 19.5. The van der Waals surface area contributed by atoms with Crippen molar-refractivity contribution in [3.63, 3.8) is 0 Å². The first-order valence-electron chi connectivity index (χ1n) is 8.07. The quantitative estimate of drug-likeness (QED) is 0.797. The van der Waals surface area contributed by atoms with Gasteiger partial charge in [-0.05, 0) is 42.8 Å². The fourth-order valence-corrected chi connectivity index (χ4v) is 4.15. The fourth-order valence-electron chi connectivity index (χ4n) is 2.42. The molecule has 2 rings (SSSR count). The Hall–Kier alpha value is -1.96. The molecule has 0 aromatic heterocycles. The van der Waals surface area contributed by atoms with Crippen molar-refractivity contribution in [2.45, 2.75) is 25.7 Å². The standard InChI is InChI=1S/C18H20ClFN2O3S/c1-4-22(5-2)26(24,25)17-10-13(7-9-16(17)20)18(23)21-14-8-6-12(3)15(19)11-14/h6-11H,4-5H2,1-3H3,(H,21,23). The molecule has 0 aliphatic rings. The average molecular weight is 399 g/mol. The molecule has 0 spiro atoms. The predicted octanol–water partition coefficient (Wildman–Crippen LogP) is 4.07. The number of carbonyl (C=O) groups excluding carboxylic acids is 1. The summed E-state index contributed by atoms with van der Waals surface area (Å²) in [5.74, 6) is -1.45. The maximum Gasteiger partial charge on any atom is 0.255 e. The summed E-state index contributed by atoms with van der Waals surface area (Å²) in [6.07, 6.45) is 0. The molecule has 0 heterocycles. The van der Waals surface area contributed by atoms with Crippen molar-refractivity contribution < 1.29 is 17.6 Å². The molecule has 0 aliphatic carbocycles. The molecule has 0 aliphatic heterocycles. The molecule has 5 nitrogen and oxygen atoms in total. The number of nitrogens with one attached hydrogen (secondary N) is 1. The van der Waals surface area contributed by atoms with Crippen LogP contribution in [0.2, 0.25) is 5.02 Å². The van der Waals surface area contributed by atoms with Gasteiger partial charge in [-0.25, -0.2) is 12.8 Å². The van der Waals surface area contributed by atoms with Crippen molar-refractivity contribution in [1.82, 2.24) is 4.31 Å². The third-order valence-electron chi connectivity index (χ3n) is 3.95. The number of hydrogen-bond acceptors (Lipinski definition) is 3. The molecule has 0 atom stereocenters. The highest BCUT2D eigenvalue weighted by Gasteiger charge is 2.26. The molecule has 2 aromatic rings. The van der Waals surface area contributed by atoms with Crippen LogP contribution in [0.25, 0.3) is 0 Å². The van der Waals surface area contributed by atoms with Crippen LogP contribution in [-0.4, -0.2) is 31.7 Å². The number of amides is 1. The summed E-state index contributed by atoms with van der Waals surface area (Å²) in [6, 6.07) is 8.28. The Balaban J connectivity index is 2.36. The van der Waals surface area contributed by atoms with Gasteiger partial charge >= 0.3 is 0 Å². The molecule has 1 N–H and O–H groups in total. The molecular formula is C18H20ClFN2O3S. The Bertz CT molecular complexity index is 928. The molecule has 140 valence electrons. The van der Waals surface area contributed by atoms with Crippen LogP contribution in [0.15, 0.2) is 41.3 Å². The molecule has 0 saturated heterocycles. The Morgan fingerprint density at radius 3 is 2.38 bits per heavy atom. The van der Waals surface area contributed by atoms with Gasteiger partial charge in [0.05, 0.1) is 0 Å². The Labute approximate surface area is 157 Å². The monoisotopic (exact) mass is 398 g/mol. The lowest BCUT2D eigenvalue weighted by Crippen LogP contribution is -2.31. The van der Waals surface area contributed by atoms with Gasteiger partial charge in [0.2, 0.25) is 10.0 Å². The summed E-state index contributed by atoms with van der Waals surface area (Å²) in [4.78, 5) is 11.9. The molecular weight excluding hydrogens is 379 g/mol. The van der Waals surface area contributed by atoms with E-state index >= 15 is 0 Å². The Kier molecular flexibility index (Phi) is 6.39. The normalized spacial score (nSPS) is 11.6. The van der Waals surface area contributed by atoms with Crippen molar-refractivity contribution in [2.24, 2.45) is 0 Å². The summed E-state index contributed by atoms with van der Waals surface area (Å²) < 4.78 is 40.4. The van der Waals surface area contributed by atoms with Gasteiger partial charge in [0, 0.05) is 29.4 Å². The maximum atomic E-state index is 14.1. The summed E-state index contributed by atoms with van der Waals surface area (Å²) in [7, 11) is -4.02. The number of nitrogens with zero attached hydrogens (tertiary/aromatic N) is 1. The average Bonchev–Trinajstić information content (AvgIpc) is 2.59. The minimum absolute atomic E-state index is 0.0360. The second-order valence-electron chi connectivity index (χ2n) is 5.65. The first-order valence-corrected chi connectivity index (χ1v) is 9.89. The molecule has 0 radical (unpaired) electrons. The number of rotatable bonds is 6. The van der Waals surface area contributed by atoms with Crippen LogP contribution in [0.3, 0.4) is 0 Å². The lowest BCUT2D eigenvalue weighted by Gasteiger charge is -2.19. The summed E-state index contributed by atoms with van der Waals surface area (Å²) in [6.45, 7) is 5.57. The van der Waals surface area contributed by atoms with E-state index in [0.717, 1.165) is 22.0 Å². The smallest absolute Gasteiger partial charge is 0.255 e. The van der Waals surface area contributed by atoms with Gasteiger partial charge in [-0.2, -0.15) is 4.31 Å². The Morgan fingerprint density at radius 1 is 1.15 bits per heavy atom. The minimum Gasteiger partial charge on any atom is -0.322 e. The van der Waals surface area contributed by atoms with E-state index in [-0.39, 0.29) is 18.7 Å². The number of hydrogen-bond donors (Lipinski definition) is 1. The van der Waals surface area contributed by atoms with E-state index in [9.17, 15) is 17.6 Å². The first-order chi connectivity index (χ1) is 12.2. The molecule has 1 amide bonds. The first kappa shape index (κ1) is 20.4. The van der Waals surface area contributed by atoms with E-state index in [1.165, 1.54) is 6.07 Å². The number of aryl methyl sites for hydroxylation is 1. The van der Waals surface area contributed by atoms with Crippen LogP contribution in [0.5, 0.6) is 0 Å². The fraction of sp³-hybridized carbons (Fsp3) is 0.278. The van der Waals surface area contributed by atoms with Gasteiger partial charge in [0.15, 0.2) is 0 Å². The second kappa shape index (κ2) is 8.16. The maximum absolute atomic E-state index is 14.1. The van der Waals surface area contributed by atoms with Crippen molar-refractivity contribution in [3.8, 4) is 0 Å². The summed E-state index contributed by atoms with van der Waals surface area (Å²) in [5, 5.41) is 3.12. The van der Waals surface area contributed by atoms with Gasteiger partial charge in [0.25, 0.3) is 5.91 Å². The highest BCUT2D eigenvalue weighted by molar-refractivity contribution is 7.89. The molecule has 0 bridgehead atoms. The van der Waals surface area contributed by atoms with Gasteiger partial charge in [-0.15, -0.1) is 0 Å². The van der Waals surface area contributed by atoms with E-state index < -0.39 is 26.6 Å². The lowest BCUT2D eigenvalue weighted by atomic mass is 10.2. The van der Waals surface area contributed by atoms with Gasteiger partial charge in [-0.1, -0.05) is 31.5 Å². The van der Waals surface area contributed by atoms with Crippen LogP contribution in [0.1, 0.15) is 29.8 Å². The van der Waals surface area contributed by atoms with E-state index in [1.54, 1.807) is 32.0 Å². The van der Waals surface area contributed by atoms with E-state index in [0.29, 0.717) is 10.7 Å². The zero-order valence-electron chi connectivity index (χ0n) is 14.7. The molecule has 0 unspecified atom stereocenters. The molecule has 2 aromatic carbocycles. The SMILES string of the molecule is CCN(CC)S(=O)(=O)c1cc(C(=O)Nc2ccc(C)c(Cl)c2)ccc1F. The van der Waals surface area contributed by atoms with Gasteiger partial charge < -0.3 is 5.32 Å². The van der Waals surface area contributed by atoms with Crippen molar-refractivity contribution in [2.75, 3.05) is 18.4 Å². The van der Waals surface area contributed by atoms with Crippen molar-refractivity contribution >= 4 is 33.2 Å². The third kappa shape index (κ3) is 4.23. The molecule has 0 saturated carbocycles. The van der Waals surface area contributed by atoms with Gasteiger partial charge in [-0.3, -0.25) is 4.79 Å². The van der Waals surface area contributed by atoms with Crippen LogP contribution in [0.4, 0.5) is 10.1 Å². The zero-order valence-corrected chi connectivity index (χ0v) is 16.3. The number of carbonyl (C=O) groups is 1. The minimum atomic E-state index is -4.02. The Morgan fingerprint density at radius 2 is 1.81 bits per heavy atom. The highest BCUT2D eigenvalue weighted by Crippen LogP contribution is 2.23. The summed E-state index contributed by atoms with van der Waals surface area (Å²) >= 11 is 6.03. The van der Waals surface area contributed by atoms with E-state index in [2.05, 4.69) is 5.32 Å². The van der Waals surface area contributed by atoms with E-state index in [4.69, 9.17) is 11.6 Å². The largest absolute Gasteiger partial charge is 0.322 e. The number of anilines is 1. The number of halogens is 2.